The van der Waals surface area contributed by atoms with Gasteiger partial charge in [-0.25, -0.2) is 9.37 Å². The Bertz CT molecular complexity index is 2440. The molecule has 0 aliphatic heterocycles. The van der Waals surface area contributed by atoms with E-state index < -0.39 is 8.07 Å². The number of hydrogen-bond donors (Lipinski definition) is 1. The molecular weight excluding hydrogens is 660 g/mol. The highest BCUT2D eigenvalue weighted by molar-refractivity contribution is 7.98. The summed E-state index contributed by atoms with van der Waals surface area (Å²) in [5, 5.41) is 12.3. The molecule has 10 heteroatoms. The van der Waals surface area contributed by atoms with E-state index in [-0.39, 0.29) is 5.82 Å². The Hall–Kier alpha value is -4.72. The molecular formula is C40H41FN6OSSi. The van der Waals surface area contributed by atoms with Crippen LogP contribution in [0.4, 0.5) is 4.39 Å². The van der Waals surface area contributed by atoms with E-state index in [4.69, 9.17) is 19.7 Å². The fraction of sp³-hybridized carbons (Fsp3) is 0.300. The van der Waals surface area contributed by atoms with Crippen molar-refractivity contribution in [2.75, 3.05) is 6.26 Å². The minimum atomic E-state index is -2.18. The van der Waals surface area contributed by atoms with E-state index in [1.165, 1.54) is 17.8 Å². The summed E-state index contributed by atoms with van der Waals surface area (Å²) < 4.78 is 24.7. The molecule has 7 rings (SSSR count). The standard InChI is InChI=1S/C40H41FN6OSSi/c1-23(2)50(24(3)4,25(5)6)19-17-28-31(41)15-14-27-20-32-30(21-43-46-32)34(33(27)28)36-37-29(16-18-42-36)35-38(47(37)7)44-40(49-8)45-39(35)48-22-26-12-10-9-11-13-26/h9-16,18,20-21,23-25H,22H2,1-8H3,(H,43,46). The second-order valence-electron chi connectivity index (χ2n) is 13.9. The van der Waals surface area contributed by atoms with Gasteiger partial charge >= 0.3 is 0 Å². The Morgan fingerprint density at radius 3 is 2.38 bits per heavy atom. The van der Waals surface area contributed by atoms with Crippen molar-refractivity contribution in [2.45, 2.75) is 69.9 Å². The SMILES string of the molecule is CSc1nc(OCc2ccccc2)c2c3ccnc(-c4c5cn[nH]c5cc5ccc(F)c(C#C[Si](C(C)C)(C(C)C)C(C)C)c45)c3n(C)c2n1. The molecule has 0 bridgehead atoms. The lowest BCUT2D eigenvalue weighted by Crippen LogP contribution is -2.43. The monoisotopic (exact) mass is 700 g/mol. The predicted octanol–water partition coefficient (Wildman–Crippen LogP) is 10.2. The van der Waals surface area contributed by atoms with Crippen LogP contribution in [0.25, 0.3) is 54.9 Å². The molecule has 4 heterocycles. The van der Waals surface area contributed by atoms with Crippen molar-refractivity contribution in [3.8, 4) is 28.6 Å². The molecule has 3 aromatic carbocycles. The van der Waals surface area contributed by atoms with Gasteiger partial charge in [0, 0.05) is 35.0 Å². The van der Waals surface area contributed by atoms with Gasteiger partial charge in [-0.05, 0) is 52.0 Å². The van der Waals surface area contributed by atoms with Crippen molar-refractivity contribution in [1.82, 2.24) is 29.7 Å². The van der Waals surface area contributed by atoms with E-state index >= 15 is 4.39 Å². The maximum atomic E-state index is 16.3. The number of rotatable bonds is 8. The number of halogens is 1. The maximum absolute atomic E-state index is 16.3. The van der Waals surface area contributed by atoms with E-state index in [1.54, 1.807) is 12.4 Å². The number of pyridine rings is 1. The molecule has 7 nitrogen and oxygen atoms in total. The second-order valence-corrected chi connectivity index (χ2v) is 20.2. The summed E-state index contributed by atoms with van der Waals surface area (Å²) in [6.45, 7) is 14.0. The van der Waals surface area contributed by atoms with Crippen molar-refractivity contribution in [2.24, 2.45) is 7.05 Å². The van der Waals surface area contributed by atoms with E-state index in [1.807, 2.05) is 66.4 Å². The zero-order valence-electron chi connectivity index (χ0n) is 29.7. The summed E-state index contributed by atoms with van der Waals surface area (Å²) in [5.74, 6) is 3.64. The Balaban J connectivity index is 1.55. The maximum Gasteiger partial charge on any atom is 0.228 e. The number of ether oxygens (including phenoxy) is 1. The highest BCUT2D eigenvalue weighted by Crippen LogP contribution is 2.44. The van der Waals surface area contributed by atoms with Crippen LogP contribution in [-0.4, -0.2) is 44.0 Å². The van der Waals surface area contributed by atoms with Gasteiger partial charge in [0.1, 0.15) is 26.1 Å². The van der Waals surface area contributed by atoms with Crippen LogP contribution in [0.3, 0.4) is 0 Å². The van der Waals surface area contributed by atoms with Gasteiger partial charge in [0.05, 0.1) is 33.9 Å². The minimum Gasteiger partial charge on any atom is -0.472 e. The normalized spacial score (nSPS) is 12.2. The van der Waals surface area contributed by atoms with E-state index in [0.717, 1.165) is 54.7 Å². The number of hydrogen-bond acceptors (Lipinski definition) is 6. The third-order valence-corrected chi connectivity index (χ3v) is 17.1. The van der Waals surface area contributed by atoms with Gasteiger partial charge in [-0.2, -0.15) is 10.1 Å². The van der Waals surface area contributed by atoms with Gasteiger partial charge in [-0.3, -0.25) is 10.1 Å². The third-order valence-electron chi connectivity index (χ3n) is 10.3. The van der Waals surface area contributed by atoms with Crippen molar-refractivity contribution in [1.29, 1.82) is 0 Å². The van der Waals surface area contributed by atoms with Gasteiger partial charge < -0.3 is 9.30 Å². The number of H-pyrrole nitrogens is 1. The molecule has 0 radical (unpaired) electrons. The van der Waals surface area contributed by atoms with Crippen molar-refractivity contribution in [3.05, 3.63) is 83.9 Å². The predicted molar refractivity (Wildman–Crippen MR) is 207 cm³/mol. The summed E-state index contributed by atoms with van der Waals surface area (Å²) in [6.07, 6.45) is 5.55. The van der Waals surface area contributed by atoms with E-state index in [2.05, 4.69) is 63.2 Å². The summed E-state index contributed by atoms with van der Waals surface area (Å²) in [4.78, 5) is 14.8. The van der Waals surface area contributed by atoms with Crippen LogP contribution < -0.4 is 4.74 Å². The van der Waals surface area contributed by atoms with Crippen molar-refractivity contribution >= 4 is 63.4 Å². The highest BCUT2D eigenvalue weighted by atomic mass is 32.2. The van der Waals surface area contributed by atoms with Gasteiger partial charge in [0.15, 0.2) is 5.16 Å². The molecule has 50 heavy (non-hydrogen) atoms. The number of thioether (sulfide) groups is 1. The van der Waals surface area contributed by atoms with Gasteiger partial charge in [0.2, 0.25) is 5.88 Å². The molecule has 0 spiro atoms. The highest BCUT2D eigenvalue weighted by Gasteiger charge is 2.42. The van der Waals surface area contributed by atoms with Crippen LogP contribution in [0.1, 0.15) is 52.7 Å². The summed E-state index contributed by atoms with van der Waals surface area (Å²) in [5.41, 5.74) is 10.3. The van der Waals surface area contributed by atoms with E-state index in [0.29, 0.717) is 45.5 Å². The lowest BCUT2D eigenvalue weighted by Gasteiger charge is -2.38. The molecule has 0 saturated carbocycles. The molecule has 0 aliphatic carbocycles. The first-order chi connectivity index (χ1) is 24.1. The first-order valence-corrected chi connectivity index (χ1v) is 20.5. The molecule has 7 aromatic rings. The van der Waals surface area contributed by atoms with Crippen LogP contribution >= 0.6 is 11.8 Å². The lowest BCUT2D eigenvalue weighted by atomic mass is 9.93. The first-order valence-electron chi connectivity index (χ1n) is 17.0. The molecule has 0 atom stereocenters. The fourth-order valence-electron chi connectivity index (χ4n) is 7.94. The van der Waals surface area contributed by atoms with Gasteiger partial charge in [-0.1, -0.05) is 95.6 Å². The van der Waals surface area contributed by atoms with Crippen LogP contribution in [-0.2, 0) is 13.7 Å². The number of nitrogens with zero attached hydrogens (tertiary/aromatic N) is 5. The van der Waals surface area contributed by atoms with Crippen LogP contribution in [0.5, 0.6) is 5.88 Å². The Labute approximate surface area is 297 Å². The van der Waals surface area contributed by atoms with Crippen LogP contribution in [0.15, 0.2) is 72.1 Å². The topological polar surface area (TPSA) is 81.5 Å². The first kappa shape index (κ1) is 33.8. The number of fused-ring (bicyclic) bond motifs is 5. The largest absolute Gasteiger partial charge is 0.472 e. The average molecular weight is 701 g/mol. The number of nitrogens with one attached hydrogen (secondary N) is 1. The quantitative estimate of drug-likeness (QED) is 0.0736. The smallest absolute Gasteiger partial charge is 0.228 e. The van der Waals surface area contributed by atoms with Crippen LogP contribution in [0, 0.1) is 17.3 Å². The Kier molecular flexibility index (Phi) is 8.91. The van der Waals surface area contributed by atoms with Crippen LogP contribution in [0.2, 0.25) is 16.6 Å². The number of benzene rings is 3. The zero-order valence-corrected chi connectivity index (χ0v) is 31.5. The number of aryl methyl sites for hydroxylation is 1. The van der Waals surface area contributed by atoms with Gasteiger partial charge in [-0.15, -0.1) is 5.54 Å². The molecule has 0 fully saturated rings. The molecule has 0 aliphatic rings. The molecule has 1 N–H and O–H groups in total. The lowest BCUT2D eigenvalue weighted by molar-refractivity contribution is 0.295. The van der Waals surface area contributed by atoms with Gasteiger partial charge in [0.25, 0.3) is 0 Å². The molecule has 0 unspecified atom stereocenters. The third kappa shape index (κ3) is 5.44. The zero-order chi connectivity index (χ0) is 35.3. The summed E-state index contributed by atoms with van der Waals surface area (Å²) in [7, 11) is -0.191. The summed E-state index contributed by atoms with van der Waals surface area (Å²) >= 11 is 1.46. The van der Waals surface area contributed by atoms with E-state index in [9.17, 15) is 0 Å². The molecule has 254 valence electrons. The second kappa shape index (κ2) is 13.2. The number of aromatic nitrogens is 6. The molecule has 0 amide bonds. The van der Waals surface area contributed by atoms with Crippen molar-refractivity contribution < 1.29 is 9.13 Å². The Morgan fingerprint density at radius 2 is 1.68 bits per heavy atom. The molecule has 0 saturated heterocycles. The number of aromatic amines is 1. The molecule has 4 aromatic heterocycles. The fourth-order valence-corrected chi connectivity index (χ4v) is 13.5. The Morgan fingerprint density at radius 1 is 0.940 bits per heavy atom. The summed E-state index contributed by atoms with van der Waals surface area (Å²) in [6, 6.07) is 17.4. The average Bonchev–Trinajstić information content (AvgIpc) is 3.69. The minimum absolute atomic E-state index is 0.343. The van der Waals surface area contributed by atoms with Crippen molar-refractivity contribution in [3.63, 3.8) is 0 Å².